The van der Waals surface area contributed by atoms with Crippen LogP contribution in [-0.2, 0) is 0 Å². The Bertz CT molecular complexity index is 979. The first kappa shape index (κ1) is 19.4. The van der Waals surface area contributed by atoms with Crippen LogP contribution < -0.4 is 10.6 Å². The Labute approximate surface area is 163 Å². The topological polar surface area (TPSA) is 63.1 Å². The van der Waals surface area contributed by atoms with E-state index in [4.69, 9.17) is 0 Å². The van der Waals surface area contributed by atoms with Gasteiger partial charge in [-0.3, -0.25) is 9.59 Å². The summed E-state index contributed by atoms with van der Waals surface area (Å²) in [4.78, 5) is 24.5. The van der Waals surface area contributed by atoms with E-state index in [1.807, 2.05) is 24.5 Å². The molecule has 144 valence electrons. The number of aromatic nitrogens is 1. The number of hydrogen-bond acceptors (Lipinski definition) is 2. The van der Waals surface area contributed by atoms with Crippen LogP contribution in [0.2, 0.25) is 0 Å². The maximum atomic E-state index is 13.2. The average Bonchev–Trinajstić information content (AvgIpc) is 3.00. The van der Waals surface area contributed by atoms with Gasteiger partial charge < -0.3 is 15.2 Å². The first-order chi connectivity index (χ1) is 13.5. The van der Waals surface area contributed by atoms with E-state index in [-0.39, 0.29) is 17.6 Å². The van der Waals surface area contributed by atoms with Gasteiger partial charge in [0.25, 0.3) is 11.8 Å². The average molecular weight is 379 g/mol. The molecular weight excluding hydrogens is 357 g/mol. The Balaban J connectivity index is 1.60. The van der Waals surface area contributed by atoms with E-state index in [0.717, 1.165) is 17.1 Å². The number of carbonyl (C=O) groups excluding carboxylic acids is 2. The van der Waals surface area contributed by atoms with Crippen molar-refractivity contribution in [3.05, 3.63) is 89.0 Å². The van der Waals surface area contributed by atoms with Gasteiger partial charge in [0.1, 0.15) is 5.82 Å². The number of benzene rings is 2. The zero-order valence-corrected chi connectivity index (χ0v) is 15.8. The largest absolute Gasteiger partial charge is 0.350 e. The molecule has 3 rings (SSSR count). The number of amides is 2. The zero-order valence-electron chi connectivity index (χ0n) is 15.8. The molecule has 0 saturated heterocycles. The lowest BCUT2D eigenvalue weighted by atomic mass is 10.2. The van der Waals surface area contributed by atoms with Crippen molar-refractivity contribution in [2.24, 2.45) is 0 Å². The maximum Gasteiger partial charge on any atom is 0.253 e. The van der Waals surface area contributed by atoms with Crippen molar-refractivity contribution in [3.63, 3.8) is 0 Å². The van der Waals surface area contributed by atoms with Gasteiger partial charge in [-0.05, 0) is 56.3 Å². The number of carbonyl (C=O) groups is 2. The quantitative estimate of drug-likeness (QED) is 0.645. The van der Waals surface area contributed by atoms with Gasteiger partial charge in [0.05, 0.1) is 5.56 Å². The van der Waals surface area contributed by atoms with Crippen molar-refractivity contribution in [2.45, 2.75) is 13.8 Å². The second-order valence-electron chi connectivity index (χ2n) is 6.47. The monoisotopic (exact) mass is 379 g/mol. The van der Waals surface area contributed by atoms with Crippen LogP contribution in [0.5, 0.6) is 0 Å². The number of halogens is 1. The van der Waals surface area contributed by atoms with Crippen LogP contribution >= 0.6 is 0 Å². The molecule has 0 radical (unpaired) electrons. The van der Waals surface area contributed by atoms with Crippen molar-refractivity contribution in [2.75, 3.05) is 13.1 Å². The molecule has 0 saturated carbocycles. The minimum atomic E-state index is -0.304. The second kappa shape index (κ2) is 8.52. The van der Waals surface area contributed by atoms with Crippen molar-refractivity contribution >= 4 is 11.8 Å². The molecule has 6 heteroatoms. The highest BCUT2D eigenvalue weighted by molar-refractivity contribution is 5.96. The fraction of sp³-hybridized carbons (Fsp3) is 0.182. The van der Waals surface area contributed by atoms with Crippen molar-refractivity contribution in [3.8, 4) is 5.69 Å². The number of nitrogens with one attached hydrogen (secondary N) is 2. The van der Waals surface area contributed by atoms with Gasteiger partial charge in [0, 0.05) is 35.7 Å². The van der Waals surface area contributed by atoms with E-state index >= 15 is 0 Å². The predicted molar refractivity (Wildman–Crippen MR) is 106 cm³/mol. The minimum absolute atomic E-state index is 0.177. The molecule has 0 aliphatic carbocycles. The van der Waals surface area contributed by atoms with Crippen LogP contribution in [0.15, 0.2) is 60.7 Å². The number of rotatable bonds is 6. The Hall–Kier alpha value is -3.41. The van der Waals surface area contributed by atoms with Crippen molar-refractivity contribution in [1.29, 1.82) is 0 Å². The van der Waals surface area contributed by atoms with Crippen LogP contribution in [0.3, 0.4) is 0 Å². The molecule has 28 heavy (non-hydrogen) atoms. The van der Waals surface area contributed by atoms with E-state index in [2.05, 4.69) is 10.6 Å². The van der Waals surface area contributed by atoms with Crippen molar-refractivity contribution in [1.82, 2.24) is 15.2 Å². The lowest BCUT2D eigenvalue weighted by Crippen LogP contribution is -2.34. The van der Waals surface area contributed by atoms with E-state index in [0.29, 0.717) is 24.2 Å². The van der Waals surface area contributed by atoms with Crippen LogP contribution in [0.4, 0.5) is 4.39 Å². The molecule has 3 aromatic rings. The third-order valence-corrected chi connectivity index (χ3v) is 4.49. The van der Waals surface area contributed by atoms with Gasteiger partial charge in [-0.25, -0.2) is 4.39 Å². The number of hydrogen-bond donors (Lipinski definition) is 2. The predicted octanol–water partition coefficient (Wildman–Crippen LogP) is 3.39. The standard InChI is InChI=1S/C22H22FN3O2/c1-15-14-20(16(2)26(15)19-10-8-18(23)9-11-19)22(28)25-13-12-24-21(27)17-6-4-3-5-7-17/h3-11,14H,12-13H2,1-2H3,(H,24,27)(H,25,28). The minimum Gasteiger partial charge on any atom is -0.350 e. The highest BCUT2D eigenvalue weighted by Gasteiger charge is 2.16. The molecule has 0 aliphatic heterocycles. The summed E-state index contributed by atoms with van der Waals surface area (Å²) < 4.78 is 15.1. The zero-order chi connectivity index (χ0) is 20.1. The second-order valence-corrected chi connectivity index (χ2v) is 6.47. The Morgan fingerprint density at radius 3 is 2.14 bits per heavy atom. The summed E-state index contributed by atoms with van der Waals surface area (Å²) in [6.07, 6.45) is 0. The SMILES string of the molecule is Cc1cc(C(=O)NCCNC(=O)c2ccccc2)c(C)n1-c1ccc(F)cc1. The molecule has 5 nitrogen and oxygen atoms in total. The van der Waals surface area contributed by atoms with Gasteiger partial charge in [-0.2, -0.15) is 0 Å². The third-order valence-electron chi connectivity index (χ3n) is 4.49. The summed E-state index contributed by atoms with van der Waals surface area (Å²) in [6, 6.07) is 16.9. The first-order valence-corrected chi connectivity index (χ1v) is 9.03. The lowest BCUT2D eigenvalue weighted by Gasteiger charge is -2.10. The van der Waals surface area contributed by atoms with Crippen LogP contribution in [0.1, 0.15) is 32.1 Å². The van der Waals surface area contributed by atoms with Crippen LogP contribution in [0.25, 0.3) is 5.69 Å². The van der Waals surface area contributed by atoms with E-state index in [9.17, 15) is 14.0 Å². The molecule has 0 spiro atoms. The van der Waals surface area contributed by atoms with Gasteiger partial charge in [-0.15, -0.1) is 0 Å². The molecule has 2 N–H and O–H groups in total. The molecular formula is C22H22FN3O2. The fourth-order valence-corrected chi connectivity index (χ4v) is 3.12. The molecule has 0 bridgehead atoms. The Morgan fingerprint density at radius 2 is 1.50 bits per heavy atom. The normalized spacial score (nSPS) is 10.5. The van der Waals surface area contributed by atoms with Crippen molar-refractivity contribution < 1.29 is 14.0 Å². The van der Waals surface area contributed by atoms with Crippen LogP contribution in [0, 0.1) is 19.7 Å². The van der Waals surface area contributed by atoms with E-state index in [1.54, 1.807) is 42.5 Å². The number of aryl methyl sites for hydroxylation is 1. The summed E-state index contributed by atoms with van der Waals surface area (Å²) in [7, 11) is 0. The maximum absolute atomic E-state index is 13.2. The summed E-state index contributed by atoms with van der Waals surface area (Å²) in [5.74, 6) is -0.693. The molecule has 0 fully saturated rings. The first-order valence-electron chi connectivity index (χ1n) is 9.03. The molecule has 0 atom stereocenters. The van der Waals surface area contributed by atoms with Gasteiger partial charge in [0.15, 0.2) is 0 Å². The summed E-state index contributed by atoms with van der Waals surface area (Å²) in [5.41, 5.74) is 3.58. The highest BCUT2D eigenvalue weighted by Crippen LogP contribution is 2.21. The summed E-state index contributed by atoms with van der Waals surface area (Å²) in [6.45, 7) is 4.39. The molecule has 1 heterocycles. The number of nitrogens with zero attached hydrogens (tertiary/aromatic N) is 1. The Morgan fingerprint density at radius 1 is 0.893 bits per heavy atom. The fourth-order valence-electron chi connectivity index (χ4n) is 3.12. The van der Waals surface area contributed by atoms with Crippen LogP contribution in [-0.4, -0.2) is 29.5 Å². The summed E-state index contributed by atoms with van der Waals surface area (Å²) in [5, 5.41) is 5.59. The van der Waals surface area contributed by atoms with E-state index < -0.39 is 0 Å². The van der Waals surface area contributed by atoms with Gasteiger partial charge in [0.2, 0.25) is 0 Å². The van der Waals surface area contributed by atoms with Gasteiger partial charge in [-0.1, -0.05) is 18.2 Å². The highest BCUT2D eigenvalue weighted by atomic mass is 19.1. The molecule has 0 unspecified atom stereocenters. The molecule has 1 aromatic heterocycles. The Kier molecular flexibility index (Phi) is 5.89. The molecule has 2 amide bonds. The third kappa shape index (κ3) is 4.28. The lowest BCUT2D eigenvalue weighted by molar-refractivity contribution is 0.0927. The molecule has 2 aromatic carbocycles. The molecule has 0 aliphatic rings. The van der Waals surface area contributed by atoms with E-state index in [1.165, 1.54) is 12.1 Å². The van der Waals surface area contributed by atoms with Gasteiger partial charge >= 0.3 is 0 Å². The smallest absolute Gasteiger partial charge is 0.253 e. The summed E-state index contributed by atoms with van der Waals surface area (Å²) >= 11 is 0.